The zero-order chi connectivity index (χ0) is 9.68. The summed E-state index contributed by atoms with van der Waals surface area (Å²) < 4.78 is 0. The molecule has 4 heteroatoms. The molecule has 0 aliphatic carbocycles. The Morgan fingerprint density at radius 1 is 1.54 bits per heavy atom. The lowest BCUT2D eigenvalue weighted by Crippen LogP contribution is -2.03. The molecule has 0 atom stereocenters. The number of halogens is 2. The van der Waals surface area contributed by atoms with E-state index < -0.39 is 0 Å². The van der Waals surface area contributed by atoms with Crippen LogP contribution in [0.3, 0.4) is 0 Å². The second-order valence-electron chi connectivity index (χ2n) is 2.49. The van der Waals surface area contributed by atoms with E-state index in [-0.39, 0.29) is 0 Å². The van der Waals surface area contributed by atoms with Crippen molar-refractivity contribution in [2.24, 2.45) is 0 Å². The van der Waals surface area contributed by atoms with Gasteiger partial charge in [0.2, 0.25) is 0 Å². The van der Waals surface area contributed by atoms with Crippen molar-refractivity contribution in [2.75, 3.05) is 13.6 Å². The highest BCUT2D eigenvalue weighted by atomic mass is 35.5. The van der Waals surface area contributed by atoms with E-state index in [1.54, 1.807) is 6.07 Å². The molecule has 1 heterocycles. The van der Waals surface area contributed by atoms with Gasteiger partial charge in [0.25, 0.3) is 0 Å². The van der Waals surface area contributed by atoms with Crippen molar-refractivity contribution in [3.63, 3.8) is 0 Å². The van der Waals surface area contributed by atoms with E-state index in [1.165, 1.54) is 6.20 Å². The van der Waals surface area contributed by atoms with E-state index in [1.807, 2.05) is 19.2 Å². The SMILES string of the molecule is CNCC=Cc1cc(Cl)cnc1Cl. The summed E-state index contributed by atoms with van der Waals surface area (Å²) >= 11 is 11.6. The molecule has 0 radical (unpaired) electrons. The molecule has 0 amide bonds. The standard InChI is InChI=1S/C9H10Cl2N2/c1-12-4-2-3-7-5-8(10)6-13-9(7)11/h2-3,5-6,12H,4H2,1H3. The van der Waals surface area contributed by atoms with Gasteiger partial charge in [-0.15, -0.1) is 0 Å². The summed E-state index contributed by atoms with van der Waals surface area (Å²) in [6.45, 7) is 0.794. The van der Waals surface area contributed by atoms with Crippen molar-refractivity contribution in [3.05, 3.63) is 34.1 Å². The summed E-state index contributed by atoms with van der Waals surface area (Å²) in [5.41, 5.74) is 0.837. The zero-order valence-corrected chi connectivity index (χ0v) is 8.73. The smallest absolute Gasteiger partial charge is 0.136 e. The molecule has 70 valence electrons. The number of pyridine rings is 1. The fraction of sp³-hybridized carbons (Fsp3) is 0.222. The van der Waals surface area contributed by atoms with Crippen LogP contribution in [0.25, 0.3) is 6.08 Å². The quantitative estimate of drug-likeness (QED) is 0.787. The number of nitrogens with zero attached hydrogens (tertiary/aromatic N) is 1. The van der Waals surface area contributed by atoms with Crippen molar-refractivity contribution in [2.45, 2.75) is 0 Å². The van der Waals surface area contributed by atoms with Crippen molar-refractivity contribution in [3.8, 4) is 0 Å². The molecule has 0 saturated carbocycles. The van der Waals surface area contributed by atoms with E-state index >= 15 is 0 Å². The van der Waals surface area contributed by atoms with Crippen LogP contribution in [0.2, 0.25) is 10.2 Å². The fourth-order valence-corrected chi connectivity index (χ4v) is 1.19. The number of hydrogen-bond acceptors (Lipinski definition) is 2. The lowest BCUT2D eigenvalue weighted by molar-refractivity contribution is 0.922. The molecule has 1 rings (SSSR count). The average molecular weight is 217 g/mol. The first-order chi connectivity index (χ1) is 6.24. The van der Waals surface area contributed by atoms with Gasteiger partial charge in [0.1, 0.15) is 5.15 Å². The topological polar surface area (TPSA) is 24.9 Å². The largest absolute Gasteiger partial charge is 0.316 e. The first-order valence-corrected chi connectivity index (χ1v) is 4.62. The highest BCUT2D eigenvalue weighted by Crippen LogP contribution is 2.18. The predicted molar refractivity (Wildman–Crippen MR) is 57.2 cm³/mol. The van der Waals surface area contributed by atoms with Gasteiger partial charge >= 0.3 is 0 Å². The lowest BCUT2D eigenvalue weighted by Gasteiger charge is -1.97. The van der Waals surface area contributed by atoms with Gasteiger partial charge in [-0.25, -0.2) is 4.98 Å². The molecular weight excluding hydrogens is 207 g/mol. The number of likely N-dealkylation sites (N-methyl/N-ethyl adjacent to an activating group) is 1. The number of hydrogen-bond donors (Lipinski definition) is 1. The predicted octanol–water partition coefficient (Wildman–Crippen LogP) is 2.62. The number of nitrogens with one attached hydrogen (secondary N) is 1. The van der Waals surface area contributed by atoms with Gasteiger partial charge in [0, 0.05) is 18.3 Å². The van der Waals surface area contributed by atoms with Crippen LogP contribution in [0.1, 0.15) is 5.56 Å². The number of aromatic nitrogens is 1. The maximum absolute atomic E-state index is 5.83. The van der Waals surface area contributed by atoms with Crippen LogP contribution in [0.5, 0.6) is 0 Å². The van der Waals surface area contributed by atoms with Crippen LogP contribution in [0.4, 0.5) is 0 Å². The minimum Gasteiger partial charge on any atom is -0.316 e. The Labute approximate surface area is 87.6 Å². The van der Waals surface area contributed by atoms with Crippen LogP contribution in [0, 0.1) is 0 Å². The molecule has 0 aliphatic heterocycles. The van der Waals surface area contributed by atoms with Crippen molar-refractivity contribution in [1.29, 1.82) is 0 Å². The maximum Gasteiger partial charge on any atom is 0.136 e. The third-order valence-corrected chi connectivity index (χ3v) is 1.97. The lowest BCUT2D eigenvalue weighted by atomic mass is 10.2. The van der Waals surface area contributed by atoms with Gasteiger partial charge < -0.3 is 5.32 Å². The summed E-state index contributed by atoms with van der Waals surface area (Å²) in [4.78, 5) is 3.92. The van der Waals surface area contributed by atoms with E-state index in [9.17, 15) is 0 Å². The van der Waals surface area contributed by atoms with Crippen LogP contribution in [0.15, 0.2) is 18.3 Å². The zero-order valence-electron chi connectivity index (χ0n) is 7.22. The summed E-state index contributed by atoms with van der Waals surface area (Å²) in [5.74, 6) is 0. The highest BCUT2D eigenvalue weighted by molar-refractivity contribution is 6.33. The fourth-order valence-electron chi connectivity index (χ4n) is 0.859. The Morgan fingerprint density at radius 3 is 3.00 bits per heavy atom. The van der Waals surface area contributed by atoms with Gasteiger partial charge in [0.15, 0.2) is 0 Å². The molecule has 1 N–H and O–H groups in total. The minimum absolute atomic E-state index is 0.469. The molecule has 0 aromatic carbocycles. The second-order valence-corrected chi connectivity index (χ2v) is 3.29. The van der Waals surface area contributed by atoms with Gasteiger partial charge in [-0.1, -0.05) is 35.4 Å². The van der Waals surface area contributed by atoms with Gasteiger partial charge in [-0.2, -0.15) is 0 Å². The van der Waals surface area contributed by atoms with Gasteiger partial charge in [0.05, 0.1) is 5.02 Å². The van der Waals surface area contributed by atoms with Crippen LogP contribution in [-0.4, -0.2) is 18.6 Å². The molecular formula is C9H10Cl2N2. The van der Waals surface area contributed by atoms with E-state index in [0.717, 1.165) is 12.1 Å². The monoisotopic (exact) mass is 216 g/mol. The Kier molecular flexibility index (Phi) is 4.22. The van der Waals surface area contributed by atoms with Crippen molar-refractivity contribution in [1.82, 2.24) is 10.3 Å². The minimum atomic E-state index is 0.469. The second kappa shape index (κ2) is 5.22. The molecule has 0 bridgehead atoms. The molecule has 0 unspecified atom stereocenters. The summed E-state index contributed by atoms with van der Waals surface area (Å²) in [5, 5.41) is 4.05. The van der Waals surface area contributed by atoms with Gasteiger partial charge in [-0.05, 0) is 13.1 Å². The Hall–Kier alpha value is -0.570. The highest BCUT2D eigenvalue weighted by Gasteiger charge is 1.97. The van der Waals surface area contributed by atoms with Crippen molar-refractivity contribution >= 4 is 29.3 Å². The summed E-state index contributed by atoms with van der Waals surface area (Å²) in [6, 6.07) is 1.78. The molecule has 0 fully saturated rings. The van der Waals surface area contributed by atoms with Crippen LogP contribution < -0.4 is 5.32 Å². The molecule has 2 nitrogen and oxygen atoms in total. The molecule has 1 aromatic rings. The third-order valence-electron chi connectivity index (χ3n) is 1.45. The van der Waals surface area contributed by atoms with E-state index in [4.69, 9.17) is 23.2 Å². The molecule has 13 heavy (non-hydrogen) atoms. The number of rotatable bonds is 3. The Bertz CT molecular complexity index is 310. The molecule has 0 saturated heterocycles. The van der Waals surface area contributed by atoms with Crippen LogP contribution >= 0.6 is 23.2 Å². The maximum atomic E-state index is 5.83. The normalized spacial score (nSPS) is 11.0. The first kappa shape index (κ1) is 10.5. The third kappa shape index (κ3) is 3.35. The molecule has 1 aromatic heterocycles. The summed E-state index contributed by atoms with van der Waals surface area (Å²) in [7, 11) is 1.88. The molecule has 0 aliphatic rings. The Balaban J connectivity index is 2.81. The van der Waals surface area contributed by atoms with E-state index in [2.05, 4.69) is 10.3 Å². The van der Waals surface area contributed by atoms with Crippen molar-refractivity contribution < 1.29 is 0 Å². The molecule has 0 spiro atoms. The first-order valence-electron chi connectivity index (χ1n) is 3.86. The van der Waals surface area contributed by atoms with Crippen LogP contribution in [-0.2, 0) is 0 Å². The Morgan fingerprint density at radius 2 is 2.31 bits per heavy atom. The summed E-state index contributed by atoms with van der Waals surface area (Å²) in [6.07, 6.45) is 5.37. The average Bonchev–Trinajstić information content (AvgIpc) is 2.11. The van der Waals surface area contributed by atoms with Gasteiger partial charge in [-0.3, -0.25) is 0 Å². The van der Waals surface area contributed by atoms with E-state index in [0.29, 0.717) is 10.2 Å².